The number of fused-ring (bicyclic) bond motifs is 2. The Bertz CT molecular complexity index is 1880. The van der Waals surface area contributed by atoms with Crippen molar-refractivity contribution in [3.63, 3.8) is 0 Å². The summed E-state index contributed by atoms with van der Waals surface area (Å²) in [6, 6.07) is 34.4. The van der Waals surface area contributed by atoms with Crippen molar-refractivity contribution in [2.24, 2.45) is 0 Å². The molecule has 0 saturated heterocycles. The number of rotatable bonds is 7. The van der Waals surface area contributed by atoms with E-state index in [0.717, 1.165) is 40.8 Å². The molecule has 0 aliphatic heterocycles. The predicted octanol–water partition coefficient (Wildman–Crippen LogP) is 7.85. The number of anilines is 1. The van der Waals surface area contributed by atoms with Crippen molar-refractivity contribution < 1.29 is 19.0 Å². The lowest BCUT2D eigenvalue weighted by atomic mass is 9.90. The van der Waals surface area contributed by atoms with Crippen LogP contribution in [0.4, 0.5) is 5.69 Å². The average molecular weight is 589 g/mol. The van der Waals surface area contributed by atoms with Crippen molar-refractivity contribution in [3.05, 3.63) is 132 Å². The van der Waals surface area contributed by atoms with E-state index in [1.54, 1.807) is 36.2 Å². The van der Waals surface area contributed by atoms with E-state index < -0.39 is 19.6 Å². The highest BCUT2D eigenvalue weighted by molar-refractivity contribution is 7.40. The number of hydrogen-bond acceptors (Lipinski definition) is 3. The van der Waals surface area contributed by atoms with Gasteiger partial charge in [0.2, 0.25) is 13.9 Å². The van der Waals surface area contributed by atoms with Crippen LogP contribution >= 0.6 is 8.03 Å². The lowest BCUT2D eigenvalue weighted by Gasteiger charge is -2.31. The molecule has 2 N–H and O–H groups in total. The third-order valence-corrected chi connectivity index (χ3v) is 9.48. The van der Waals surface area contributed by atoms with Crippen LogP contribution in [-0.2, 0) is 9.36 Å². The van der Waals surface area contributed by atoms with E-state index >= 15 is 0 Å². The first kappa shape index (κ1) is 28.6. The summed E-state index contributed by atoms with van der Waals surface area (Å²) in [5, 5.41) is 6.22. The average Bonchev–Trinajstić information content (AvgIpc) is 3.04. The summed E-state index contributed by atoms with van der Waals surface area (Å²) in [6.45, 7) is 0. The SMILES string of the molecule is CN(C(=O)c1cc2ccccc2cc1NC(=O)C(c1cccc2ccccc12)[PH](=O)O)C1CC=C(c2ccccc2)CC1. The number of benzene rings is 5. The summed E-state index contributed by atoms with van der Waals surface area (Å²) >= 11 is 0. The largest absolute Gasteiger partial charge is 0.346 e. The second-order valence-electron chi connectivity index (χ2n) is 11.0. The van der Waals surface area contributed by atoms with Gasteiger partial charge in [-0.05, 0) is 69.6 Å². The van der Waals surface area contributed by atoms with Gasteiger partial charge in [0, 0.05) is 13.1 Å². The van der Waals surface area contributed by atoms with Crippen LogP contribution in [0.25, 0.3) is 27.1 Å². The third kappa shape index (κ3) is 5.90. The summed E-state index contributed by atoms with van der Waals surface area (Å²) in [6.07, 6.45) is 4.64. The van der Waals surface area contributed by atoms with E-state index in [1.807, 2.05) is 72.8 Å². The van der Waals surface area contributed by atoms with E-state index in [1.165, 1.54) is 11.1 Å². The number of nitrogens with zero attached hydrogens (tertiary/aromatic N) is 1. The lowest BCUT2D eigenvalue weighted by molar-refractivity contribution is -0.116. The highest BCUT2D eigenvalue weighted by Crippen LogP contribution is 2.42. The van der Waals surface area contributed by atoms with Crippen molar-refractivity contribution in [1.29, 1.82) is 0 Å². The molecule has 43 heavy (non-hydrogen) atoms. The van der Waals surface area contributed by atoms with Gasteiger partial charge in [0.25, 0.3) is 5.91 Å². The maximum absolute atomic E-state index is 14.0. The Hall–Kier alpha value is -4.51. The van der Waals surface area contributed by atoms with Gasteiger partial charge in [-0.1, -0.05) is 103 Å². The molecule has 0 radical (unpaired) electrons. The Morgan fingerprint density at radius 3 is 2.21 bits per heavy atom. The Labute approximate surface area is 251 Å². The van der Waals surface area contributed by atoms with Gasteiger partial charge in [0.05, 0.1) is 11.3 Å². The Morgan fingerprint density at radius 1 is 0.860 bits per heavy atom. The summed E-state index contributed by atoms with van der Waals surface area (Å²) in [7, 11) is -1.53. The highest BCUT2D eigenvalue weighted by atomic mass is 31.1. The Balaban J connectivity index is 1.31. The smallest absolute Gasteiger partial charge is 0.255 e. The van der Waals surface area contributed by atoms with E-state index in [0.29, 0.717) is 16.8 Å². The number of allylic oxidation sites excluding steroid dienone is 1. The van der Waals surface area contributed by atoms with Crippen LogP contribution in [0, 0.1) is 0 Å². The van der Waals surface area contributed by atoms with Crippen molar-refractivity contribution in [1.82, 2.24) is 4.90 Å². The normalized spacial score (nSPS) is 16.3. The molecule has 0 fully saturated rings. The number of nitrogens with one attached hydrogen (secondary N) is 1. The Morgan fingerprint density at radius 2 is 1.51 bits per heavy atom. The zero-order chi connectivity index (χ0) is 29.9. The number of hydrogen-bond donors (Lipinski definition) is 2. The minimum Gasteiger partial charge on any atom is -0.346 e. The minimum atomic E-state index is -3.33. The summed E-state index contributed by atoms with van der Waals surface area (Å²) in [5.74, 6) is -0.830. The van der Waals surface area contributed by atoms with Gasteiger partial charge in [-0.3, -0.25) is 14.2 Å². The van der Waals surface area contributed by atoms with Crippen LogP contribution in [0.3, 0.4) is 0 Å². The Kier molecular flexibility index (Phi) is 8.24. The van der Waals surface area contributed by atoms with E-state index in [2.05, 4.69) is 23.5 Å². The fraction of sp³-hybridized carbons (Fsp3) is 0.167. The van der Waals surface area contributed by atoms with Gasteiger partial charge in [0.15, 0.2) is 0 Å². The zero-order valence-electron chi connectivity index (χ0n) is 23.9. The molecule has 3 atom stereocenters. The molecule has 0 saturated carbocycles. The summed E-state index contributed by atoms with van der Waals surface area (Å²) in [4.78, 5) is 40.0. The molecule has 0 bridgehead atoms. The van der Waals surface area contributed by atoms with Crippen LogP contribution in [-0.4, -0.2) is 34.7 Å². The van der Waals surface area contributed by atoms with Gasteiger partial charge in [-0.15, -0.1) is 0 Å². The predicted molar refractivity (Wildman–Crippen MR) is 175 cm³/mol. The fourth-order valence-electron chi connectivity index (χ4n) is 6.06. The molecule has 2 amide bonds. The van der Waals surface area contributed by atoms with Crippen LogP contribution < -0.4 is 5.32 Å². The van der Waals surface area contributed by atoms with Crippen LogP contribution in [0.1, 0.15) is 46.4 Å². The van der Waals surface area contributed by atoms with Crippen molar-refractivity contribution in [2.75, 3.05) is 12.4 Å². The zero-order valence-corrected chi connectivity index (χ0v) is 24.9. The van der Waals surface area contributed by atoms with Crippen LogP contribution in [0.5, 0.6) is 0 Å². The second-order valence-corrected chi connectivity index (χ2v) is 12.3. The molecule has 216 valence electrons. The molecule has 5 aromatic carbocycles. The number of carbonyl (C=O) groups is 2. The maximum atomic E-state index is 14.0. The summed E-state index contributed by atoms with van der Waals surface area (Å²) < 4.78 is 12.7. The molecule has 0 spiro atoms. The van der Waals surface area contributed by atoms with Crippen molar-refractivity contribution >= 4 is 52.6 Å². The molecule has 6 nitrogen and oxygen atoms in total. The summed E-state index contributed by atoms with van der Waals surface area (Å²) in [5.41, 5.74) is 2.37. The second kappa shape index (κ2) is 12.4. The molecule has 3 unspecified atom stereocenters. The topological polar surface area (TPSA) is 86.7 Å². The van der Waals surface area contributed by atoms with Crippen molar-refractivity contribution in [2.45, 2.75) is 31.0 Å². The molecule has 0 aromatic heterocycles. The molecule has 7 heteroatoms. The molecular weight excluding hydrogens is 555 g/mol. The molecule has 5 aromatic rings. The van der Waals surface area contributed by atoms with Crippen LogP contribution in [0.2, 0.25) is 0 Å². The first-order valence-corrected chi connectivity index (χ1v) is 15.9. The molecule has 1 aliphatic rings. The third-order valence-electron chi connectivity index (χ3n) is 8.41. The van der Waals surface area contributed by atoms with Gasteiger partial charge in [0.1, 0.15) is 5.66 Å². The van der Waals surface area contributed by atoms with E-state index in [-0.39, 0.29) is 11.9 Å². The van der Waals surface area contributed by atoms with E-state index in [9.17, 15) is 19.0 Å². The molecular formula is C36H33N2O4P. The minimum absolute atomic E-state index is 0.00677. The van der Waals surface area contributed by atoms with E-state index in [4.69, 9.17) is 0 Å². The standard InChI is InChI=1S/C36H33N2O4P/c1-38(29-20-18-25(19-21-29)24-10-3-2-4-11-24)36(40)32-22-27-13-5-6-14-28(27)23-33(32)37-35(39)34(43(41)42)31-17-9-15-26-12-7-8-16-30(26)31/h2-18,22-23,29,34,43H,19-21H2,1H3,(H,37,39)(H,41,42). The molecule has 6 rings (SSSR count). The number of carbonyl (C=O) groups excluding carboxylic acids is 2. The quantitative estimate of drug-likeness (QED) is 0.190. The van der Waals surface area contributed by atoms with Gasteiger partial charge < -0.3 is 15.1 Å². The highest BCUT2D eigenvalue weighted by Gasteiger charge is 2.30. The van der Waals surface area contributed by atoms with Gasteiger partial charge in [-0.25, -0.2) is 0 Å². The van der Waals surface area contributed by atoms with Crippen LogP contribution in [0.15, 0.2) is 115 Å². The van der Waals surface area contributed by atoms with Gasteiger partial charge in [-0.2, -0.15) is 0 Å². The van der Waals surface area contributed by atoms with Gasteiger partial charge >= 0.3 is 0 Å². The molecule has 1 aliphatic carbocycles. The monoisotopic (exact) mass is 588 g/mol. The molecule has 0 heterocycles. The number of amides is 2. The first-order chi connectivity index (χ1) is 20.9. The first-order valence-electron chi connectivity index (χ1n) is 14.5. The lowest BCUT2D eigenvalue weighted by Crippen LogP contribution is -2.38. The maximum Gasteiger partial charge on any atom is 0.255 e. The fourth-order valence-corrected chi connectivity index (χ4v) is 6.87. The van der Waals surface area contributed by atoms with Crippen molar-refractivity contribution in [3.8, 4) is 0 Å².